The monoisotopic (exact) mass is 157 g/mol. The van der Waals surface area contributed by atoms with E-state index in [0.717, 1.165) is 6.20 Å². The minimum absolute atomic E-state index is 0.0486. The summed E-state index contributed by atoms with van der Waals surface area (Å²) in [7, 11) is 0. The predicted octanol–water partition coefficient (Wildman–Crippen LogP) is 2.43. The molecule has 0 radical (unpaired) electrons. The predicted molar refractivity (Wildman–Crippen MR) is 38.3 cm³/mol. The number of aromatic nitrogens is 1. The van der Waals surface area contributed by atoms with Gasteiger partial charge in [0.1, 0.15) is 11.5 Å². The lowest BCUT2D eigenvalue weighted by Gasteiger charge is -2.14. The third-order valence-corrected chi connectivity index (χ3v) is 1.41. The highest BCUT2D eigenvalue weighted by Gasteiger charge is 2.22. The van der Waals surface area contributed by atoms with Gasteiger partial charge in [0.05, 0.1) is 6.20 Å². The molecule has 0 N–H and O–H groups in total. The van der Waals surface area contributed by atoms with Crippen LogP contribution in [0, 0.1) is 5.82 Å². The van der Waals surface area contributed by atoms with Gasteiger partial charge in [-0.15, -0.1) is 0 Å². The second-order valence-corrected chi connectivity index (χ2v) is 2.83. The Kier molecular flexibility index (Phi) is 1.89. The molecule has 0 saturated heterocycles. The van der Waals surface area contributed by atoms with E-state index in [9.17, 15) is 8.78 Å². The molecular weight excluding hydrogens is 148 g/mol. The Morgan fingerprint density at radius 2 is 2.09 bits per heavy atom. The first-order valence-electron chi connectivity index (χ1n) is 3.31. The van der Waals surface area contributed by atoms with Crippen LogP contribution in [0.2, 0.25) is 0 Å². The molecule has 11 heavy (non-hydrogen) atoms. The first-order chi connectivity index (χ1) is 5.02. The maximum absolute atomic E-state index is 13.1. The van der Waals surface area contributed by atoms with Crippen molar-refractivity contribution < 1.29 is 8.78 Å². The third-order valence-electron chi connectivity index (χ3n) is 1.41. The van der Waals surface area contributed by atoms with Crippen molar-refractivity contribution in [3.05, 3.63) is 29.8 Å². The Balaban J connectivity index is 3.14. The lowest BCUT2D eigenvalue weighted by molar-refractivity contribution is 0.213. The van der Waals surface area contributed by atoms with Crippen LogP contribution in [0.25, 0.3) is 0 Å². The molecule has 0 aliphatic heterocycles. The molecule has 1 aromatic heterocycles. The summed E-state index contributed by atoms with van der Waals surface area (Å²) in [6.07, 6.45) is 2.39. The fourth-order valence-electron chi connectivity index (χ4n) is 0.857. The van der Waals surface area contributed by atoms with Gasteiger partial charge in [-0.25, -0.2) is 8.78 Å². The third kappa shape index (κ3) is 1.73. The molecule has 1 rings (SSSR count). The van der Waals surface area contributed by atoms with Crippen LogP contribution in [0.15, 0.2) is 18.5 Å². The number of rotatable bonds is 1. The Bertz CT molecular complexity index is 253. The Morgan fingerprint density at radius 1 is 1.45 bits per heavy atom. The van der Waals surface area contributed by atoms with Crippen LogP contribution in [0.1, 0.15) is 19.4 Å². The normalized spacial score (nSPS) is 11.6. The molecule has 0 atom stereocenters. The molecule has 1 aromatic rings. The number of halogens is 2. The van der Waals surface area contributed by atoms with Gasteiger partial charge in [0.15, 0.2) is 0 Å². The van der Waals surface area contributed by atoms with Crippen molar-refractivity contribution in [2.24, 2.45) is 0 Å². The van der Waals surface area contributed by atoms with E-state index in [4.69, 9.17) is 0 Å². The van der Waals surface area contributed by atoms with Crippen LogP contribution in [0.5, 0.6) is 0 Å². The maximum atomic E-state index is 13.1. The Morgan fingerprint density at radius 3 is 2.45 bits per heavy atom. The van der Waals surface area contributed by atoms with Gasteiger partial charge >= 0.3 is 0 Å². The summed E-state index contributed by atoms with van der Waals surface area (Å²) >= 11 is 0. The van der Waals surface area contributed by atoms with Gasteiger partial charge in [0.2, 0.25) is 0 Å². The second kappa shape index (κ2) is 2.57. The van der Waals surface area contributed by atoms with Crippen LogP contribution < -0.4 is 0 Å². The van der Waals surface area contributed by atoms with Crippen LogP contribution in [-0.4, -0.2) is 4.98 Å². The van der Waals surface area contributed by atoms with Gasteiger partial charge in [-0.3, -0.25) is 4.98 Å². The average molecular weight is 157 g/mol. The molecular formula is C8H9F2N. The molecule has 0 aliphatic rings. The molecule has 1 nitrogen and oxygen atoms in total. The highest BCUT2D eigenvalue weighted by Crippen LogP contribution is 2.25. The van der Waals surface area contributed by atoms with Crippen molar-refractivity contribution in [1.29, 1.82) is 0 Å². The van der Waals surface area contributed by atoms with E-state index in [1.165, 1.54) is 26.1 Å². The maximum Gasteiger partial charge on any atom is 0.147 e. The van der Waals surface area contributed by atoms with Gasteiger partial charge in [0, 0.05) is 11.8 Å². The summed E-state index contributed by atoms with van der Waals surface area (Å²) in [6.45, 7) is 2.62. The van der Waals surface area contributed by atoms with Crippen molar-refractivity contribution in [2.45, 2.75) is 19.5 Å². The summed E-state index contributed by atoms with van der Waals surface area (Å²) < 4.78 is 25.9. The van der Waals surface area contributed by atoms with Crippen LogP contribution in [-0.2, 0) is 5.67 Å². The summed E-state index contributed by atoms with van der Waals surface area (Å²) in [6, 6.07) is 1.34. The fraction of sp³-hybridized carbons (Fsp3) is 0.375. The van der Waals surface area contributed by atoms with E-state index in [0.29, 0.717) is 0 Å². The Hall–Kier alpha value is -0.990. The van der Waals surface area contributed by atoms with E-state index in [-0.39, 0.29) is 5.56 Å². The zero-order chi connectivity index (χ0) is 8.48. The second-order valence-electron chi connectivity index (χ2n) is 2.83. The summed E-state index contributed by atoms with van der Waals surface area (Å²) in [5, 5.41) is 0. The smallest absolute Gasteiger partial charge is 0.147 e. The van der Waals surface area contributed by atoms with Crippen molar-refractivity contribution in [3.8, 4) is 0 Å². The van der Waals surface area contributed by atoms with E-state index in [1.807, 2.05) is 0 Å². The summed E-state index contributed by atoms with van der Waals surface area (Å²) in [5.41, 5.74) is -1.58. The molecule has 0 unspecified atom stereocenters. The van der Waals surface area contributed by atoms with Crippen molar-refractivity contribution in [3.63, 3.8) is 0 Å². The lowest BCUT2D eigenvalue weighted by Crippen LogP contribution is -2.11. The van der Waals surface area contributed by atoms with Crippen LogP contribution >= 0.6 is 0 Å². The molecule has 0 fully saturated rings. The van der Waals surface area contributed by atoms with E-state index in [1.54, 1.807) is 0 Å². The van der Waals surface area contributed by atoms with Crippen molar-refractivity contribution in [1.82, 2.24) is 4.98 Å². The standard InChI is InChI=1S/C8H9F2N/c1-8(2,10)6-3-4-11-5-7(6)9/h3-5H,1-2H3. The zero-order valence-corrected chi connectivity index (χ0v) is 6.44. The summed E-state index contributed by atoms with van der Waals surface area (Å²) in [4.78, 5) is 3.52. The first kappa shape index (κ1) is 8.11. The average Bonchev–Trinajstić information content (AvgIpc) is 1.86. The number of hydrogen-bond donors (Lipinski definition) is 0. The topological polar surface area (TPSA) is 12.9 Å². The quantitative estimate of drug-likeness (QED) is 0.610. The van der Waals surface area contributed by atoms with Gasteiger partial charge < -0.3 is 0 Å². The molecule has 0 bridgehead atoms. The molecule has 1 heterocycles. The van der Waals surface area contributed by atoms with E-state index in [2.05, 4.69) is 4.98 Å². The van der Waals surface area contributed by atoms with Crippen molar-refractivity contribution in [2.75, 3.05) is 0 Å². The number of nitrogens with zero attached hydrogens (tertiary/aromatic N) is 1. The van der Waals surface area contributed by atoms with Gasteiger partial charge in [-0.05, 0) is 19.9 Å². The van der Waals surface area contributed by atoms with Crippen LogP contribution in [0.4, 0.5) is 8.78 Å². The fourth-order valence-corrected chi connectivity index (χ4v) is 0.857. The largest absolute Gasteiger partial charge is 0.262 e. The molecule has 60 valence electrons. The highest BCUT2D eigenvalue weighted by atomic mass is 19.1. The molecule has 0 aliphatic carbocycles. The van der Waals surface area contributed by atoms with E-state index < -0.39 is 11.5 Å². The SMILES string of the molecule is CC(C)(F)c1ccncc1F. The van der Waals surface area contributed by atoms with Gasteiger partial charge in [-0.1, -0.05) is 0 Å². The molecule has 0 amide bonds. The van der Waals surface area contributed by atoms with Gasteiger partial charge in [-0.2, -0.15) is 0 Å². The number of hydrogen-bond acceptors (Lipinski definition) is 1. The minimum atomic E-state index is -1.63. The number of pyridine rings is 1. The highest BCUT2D eigenvalue weighted by molar-refractivity contribution is 5.19. The molecule has 0 aromatic carbocycles. The molecule has 3 heteroatoms. The van der Waals surface area contributed by atoms with Crippen LogP contribution in [0.3, 0.4) is 0 Å². The van der Waals surface area contributed by atoms with E-state index >= 15 is 0 Å². The summed E-state index contributed by atoms with van der Waals surface area (Å²) in [5.74, 6) is -0.597. The van der Waals surface area contributed by atoms with Gasteiger partial charge in [0.25, 0.3) is 0 Å². The minimum Gasteiger partial charge on any atom is -0.262 e. The molecule has 0 saturated carbocycles. The molecule has 0 spiro atoms. The Labute approximate surface area is 64.1 Å². The zero-order valence-electron chi connectivity index (χ0n) is 6.44. The first-order valence-corrected chi connectivity index (χ1v) is 3.31. The van der Waals surface area contributed by atoms with Crippen molar-refractivity contribution >= 4 is 0 Å². The number of alkyl halides is 1. The lowest BCUT2D eigenvalue weighted by atomic mass is 10.0.